The molecule has 0 radical (unpaired) electrons. The van der Waals surface area contributed by atoms with Gasteiger partial charge >= 0.3 is 6.03 Å². The maximum Gasteiger partial charge on any atom is 0.325 e. The van der Waals surface area contributed by atoms with Crippen molar-refractivity contribution in [3.05, 3.63) is 72.6 Å². The first-order valence-electron chi connectivity index (χ1n) is 8.08. The van der Waals surface area contributed by atoms with E-state index in [9.17, 15) is 9.59 Å². The topological polar surface area (TPSA) is 93.0 Å². The third kappa shape index (κ3) is 2.52. The standard InChI is InChI=1S/C18H16N6O2/c1-18(13-6-5-9-19-10-13)16(25)23(17(26)22-18)11-15-20-12-21-24(15)14-7-3-2-4-8-14/h2-10,12H,11H2,1H3,(H,22,26)/t18-/m1/s1. The van der Waals surface area contributed by atoms with E-state index in [1.54, 1.807) is 36.1 Å². The number of carbonyl (C=O) groups is 2. The van der Waals surface area contributed by atoms with E-state index >= 15 is 0 Å². The van der Waals surface area contributed by atoms with E-state index in [1.807, 2.05) is 30.3 Å². The largest absolute Gasteiger partial charge is 0.325 e. The molecule has 3 aromatic rings. The molecule has 8 heteroatoms. The molecule has 0 saturated carbocycles. The number of rotatable bonds is 4. The number of carbonyl (C=O) groups excluding carboxylic acids is 2. The molecule has 0 spiro atoms. The molecule has 1 aromatic carbocycles. The second-order valence-electron chi connectivity index (χ2n) is 6.11. The zero-order chi connectivity index (χ0) is 18.1. The number of urea groups is 1. The van der Waals surface area contributed by atoms with Gasteiger partial charge in [-0.15, -0.1) is 0 Å². The van der Waals surface area contributed by atoms with Crippen molar-refractivity contribution in [2.75, 3.05) is 0 Å². The van der Waals surface area contributed by atoms with Crippen molar-refractivity contribution in [1.82, 2.24) is 30.0 Å². The molecule has 8 nitrogen and oxygen atoms in total. The molecule has 3 heterocycles. The Hall–Kier alpha value is -3.55. The second-order valence-corrected chi connectivity index (χ2v) is 6.11. The van der Waals surface area contributed by atoms with Crippen LogP contribution in [-0.4, -0.2) is 36.6 Å². The quantitative estimate of drug-likeness (QED) is 0.724. The van der Waals surface area contributed by atoms with Crippen molar-refractivity contribution in [3.63, 3.8) is 0 Å². The van der Waals surface area contributed by atoms with E-state index in [0.29, 0.717) is 11.4 Å². The number of amides is 3. The number of hydrogen-bond donors (Lipinski definition) is 1. The molecule has 1 aliphatic rings. The molecule has 0 bridgehead atoms. The van der Waals surface area contributed by atoms with Gasteiger partial charge in [0, 0.05) is 18.0 Å². The van der Waals surface area contributed by atoms with Crippen LogP contribution in [0, 0.1) is 0 Å². The molecule has 2 aromatic heterocycles. The van der Waals surface area contributed by atoms with Gasteiger partial charge in [-0.3, -0.25) is 14.7 Å². The molecule has 1 saturated heterocycles. The van der Waals surface area contributed by atoms with Gasteiger partial charge in [0.25, 0.3) is 5.91 Å². The number of benzene rings is 1. The molecule has 1 fully saturated rings. The molecule has 130 valence electrons. The maximum absolute atomic E-state index is 13.0. The van der Waals surface area contributed by atoms with Crippen LogP contribution in [0.15, 0.2) is 61.2 Å². The molecule has 1 atom stereocenters. The average molecular weight is 348 g/mol. The summed E-state index contributed by atoms with van der Waals surface area (Å²) in [5.41, 5.74) is 0.288. The van der Waals surface area contributed by atoms with Gasteiger partial charge in [0.05, 0.1) is 12.2 Å². The van der Waals surface area contributed by atoms with E-state index in [0.717, 1.165) is 10.6 Å². The Bertz CT molecular complexity index is 956. The van der Waals surface area contributed by atoms with Gasteiger partial charge < -0.3 is 5.32 Å². The highest BCUT2D eigenvalue weighted by Crippen LogP contribution is 2.29. The zero-order valence-corrected chi connectivity index (χ0v) is 14.0. The number of nitrogens with one attached hydrogen (secondary N) is 1. The fourth-order valence-electron chi connectivity index (χ4n) is 2.99. The smallest absolute Gasteiger partial charge is 0.319 e. The fraction of sp³-hybridized carbons (Fsp3) is 0.167. The summed E-state index contributed by atoms with van der Waals surface area (Å²) in [5, 5.41) is 6.96. The molecule has 1 aliphatic heterocycles. The van der Waals surface area contributed by atoms with Crippen LogP contribution in [0.5, 0.6) is 0 Å². The minimum absolute atomic E-state index is 0.0232. The lowest BCUT2D eigenvalue weighted by molar-refractivity contribution is -0.131. The lowest BCUT2D eigenvalue weighted by atomic mass is 9.93. The normalized spacial score (nSPS) is 19.7. The van der Waals surface area contributed by atoms with Gasteiger partial charge in [-0.2, -0.15) is 5.10 Å². The predicted octanol–water partition coefficient (Wildman–Crippen LogP) is 1.63. The SMILES string of the molecule is C[C@]1(c2cccnc2)NC(=O)N(Cc2ncnn2-c2ccccc2)C1=O. The van der Waals surface area contributed by atoms with E-state index in [2.05, 4.69) is 20.4 Å². The van der Waals surface area contributed by atoms with Gasteiger partial charge in [-0.1, -0.05) is 24.3 Å². The van der Waals surface area contributed by atoms with Crippen molar-refractivity contribution < 1.29 is 9.59 Å². The Kier molecular flexibility index (Phi) is 3.72. The van der Waals surface area contributed by atoms with E-state index in [4.69, 9.17) is 0 Å². The summed E-state index contributed by atoms with van der Waals surface area (Å²) < 4.78 is 1.61. The first-order valence-corrected chi connectivity index (χ1v) is 8.08. The number of aromatic nitrogens is 4. The Labute approximate surface area is 149 Å². The van der Waals surface area contributed by atoms with Crippen LogP contribution in [0.3, 0.4) is 0 Å². The molecular formula is C18H16N6O2. The lowest BCUT2D eigenvalue weighted by Crippen LogP contribution is -2.41. The number of imide groups is 1. The van der Waals surface area contributed by atoms with Crippen LogP contribution in [0.25, 0.3) is 5.69 Å². The third-order valence-electron chi connectivity index (χ3n) is 4.43. The third-order valence-corrected chi connectivity index (χ3v) is 4.43. The van der Waals surface area contributed by atoms with E-state index in [-0.39, 0.29) is 12.5 Å². The van der Waals surface area contributed by atoms with Crippen molar-refractivity contribution >= 4 is 11.9 Å². The highest BCUT2D eigenvalue weighted by Gasteiger charge is 2.49. The first-order chi connectivity index (χ1) is 12.6. The van der Waals surface area contributed by atoms with Crippen LogP contribution in [0.1, 0.15) is 18.3 Å². The number of hydrogen-bond acceptors (Lipinski definition) is 5. The molecule has 0 aliphatic carbocycles. The summed E-state index contributed by atoms with van der Waals surface area (Å²) in [6, 6.07) is 12.5. The Morgan fingerprint density at radius 2 is 1.92 bits per heavy atom. The van der Waals surface area contributed by atoms with Gasteiger partial charge in [-0.05, 0) is 25.1 Å². The minimum Gasteiger partial charge on any atom is -0.319 e. The van der Waals surface area contributed by atoms with Crippen molar-refractivity contribution in [1.29, 1.82) is 0 Å². The average Bonchev–Trinajstić information content (AvgIpc) is 3.22. The van der Waals surface area contributed by atoms with Gasteiger partial charge in [-0.25, -0.2) is 14.5 Å². The molecule has 0 unspecified atom stereocenters. The predicted molar refractivity (Wildman–Crippen MR) is 92.0 cm³/mol. The van der Waals surface area contributed by atoms with Crippen LogP contribution in [0.2, 0.25) is 0 Å². The Morgan fingerprint density at radius 3 is 2.65 bits per heavy atom. The molecule has 4 rings (SSSR count). The summed E-state index contributed by atoms with van der Waals surface area (Å²) >= 11 is 0. The monoisotopic (exact) mass is 348 g/mol. The van der Waals surface area contributed by atoms with Crippen molar-refractivity contribution in [2.24, 2.45) is 0 Å². The number of nitrogens with zero attached hydrogens (tertiary/aromatic N) is 5. The first kappa shape index (κ1) is 15.9. The maximum atomic E-state index is 13.0. The summed E-state index contributed by atoms with van der Waals surface area (Å²) in [6.45, 7) is 1.70. The van der Waals surface area contributed by atoms with Crippen LogP contribution >= 0.6 is 0 Å². The molecule has 26 heavy (non-hydrogen) atoms. The fourth-order valence-corrected chi connectivity index (χ4v) is 2.99. The van der Waals surface area contributed by atoms with Crippen LogP contribution < -0.4 is 5.32 Å². The van der Waals surface area contributed by atoms with Crippen molar-refractivity contribution in [2.45, 2.75) is 19.0 Å². The molecule has 1 N–H and O–H groups in total. The summed E-state index contributed by atoms with van der Waals surface area (Å²) in [7, 11) is 0. The minimum atomic E-state index is -1.15. The zero-order valence-electron chi connectivity index (χ0n) is 14.0. The van der Waals surface area contributed by atoms with Crippen LogP contribution in [0.4, 0.5) is 4.79 Å². The Morgan fingerprint density at radius 1 is 1.12 bits per heavy atom. The lowest BCUT2D eigenvalue weighted by Gasteiger charge is -2.21. The number of para-hydroxylation sites is 1. The van der Waals surface area contributed by atoms with E-state index in [1.165, 1.54) is 6.33 Å². The molecule has 3 amide bonds. The van der Waals surface area contributed by atoms with E-state index < -0.39 is 11.6 Å². The Balaban J connectivity index is 1.64. The summed E-state index contributed by atoms with van der Waals surface area (Å²) in [6.07, 6.45) is 4.60. The van der Waals surface area contributed by atoms with Gasteiger partial charge in [0.1, 0.15) is 11.9 Å². The number of pyridine rings is 1. The molecular weight excluding hydrogens is 332 g/mol. The highest BCUT2D eigenvalue weighted by atomic mass is 16.2. The highest BCUT2D eigenvalue weighted by molar-refractivity contribution is 6.07. The summed E-state index contributed by atoms with van der Waals surface area (Å²) in [5.74, 6) is 0.147. The van der Waals surface area contributed by atoms with Crippen molar-refractivity contribution in [3.8, 4) is 5.69 Å². The second kappa shape index (κ2) is 6.07. The summed E-state index contributed by atoms with van der Waals surface area (Å²) in [4.78, 5) is 34.8. The van der Waals surface area contributed by atoms with Crippen LogP contribution in [-0.2, 0) is 16.9 Å². The van der Waals surface area contributed by atoms with Gasteiger partial charge in [0.15, 0.2) is 5.82 Å². The van der Waals surface area contributed by atoms with Gasteiger partial charge in [0.2, 0.25) is 0 Å².